The maximum atomic E-state index is 13.6. The van der Waals surface area contributed by atoms with Crippen molar-refractivity contribution in [1.82, 2.24) is 0 Å². The van der Waals surface area contributed by atoms with Crippen molar-refractivity contribution in [3.8, 4) is 11.5 Å². The van der Waals surface area contributed by atoms with Crippen LogP contribution in [0.15, 0.2) is 18.2 Å². The lowest BCUT2D eigenvalue weighted by Gasteiger charge is -2.12. The molecule has 1 amide bonds. The summed E-state index contributed by atoms with van der Waals surface area (Å²) in [6.07, 6.45) is -1.06. The Morgan fingerprint density at radius 3 is 2.00 bits per heavy atom. The fraction of sp³-hybridized carbons (Fsp3) is 0.188. The number of carbonyl (C=O) groups excluding carboxylic acids is 1. The molecule has 9 heteroatoms. The summed E-state index contributed by atoms with van der Waals surface area (Å²) in [6, 6.07) is 4.38. The highest BCUT2D eigenvalue weighted by molar-refractivity contribution is 5.94. The summed E-state index contributed by atoms with van der Waals surface area (Å²) in [7, 11) is 2.70. The molecule has 0 bridgehead atoms. The lowest BCUT2D eigenvalue weighted by molar-refractivity contribution is -0.115. The van der Waals surface area contributed by atoms with Crippen LogP contribution in [0.4, 0.5) is 27.6 Å². The number of amides is 1. The molecule has 2 rings (SSSR count). The van der Waals surface area contributed by atoms with Gasteiger partial charge in [0.25, 0.3) is 0 Å². The Balaban J connectivity index is 2.30. The lowest BCUT2D eigenvalue weighted by Crippen LogP contribution is -2.18. The first-order valence-corrected chi connectivity index (χ1v) is 6.82. The molecular weight excluding hydrogens is 349 g/mol. The van der Waals surface area contributed by atoms with Gasteiger partial charge in [0.15, 0.2) is 23.3 Å². The Labute approximate surface area is 139 Å². The van der Waals surface area contributed by atoms with Crippen LogP contribution >= 0.6 is 0 Å². The number of benzene rings is 2. The van der Waals surface area contributed by atoms with E-state index in [1.54, 1.807) is 6.07 Å². The summed E-state index contributed by atoms with van der Waals surface area (Å²) in [5, 5.41) is 2.28. The molecule has 25 heavy (non-hydrogen) atoms. The zero-order chi connectivity index (χ0) is 18.7. The van der Waals surface area contributed by atoms with E-state index in [1.165, 1.54) is 26.4 Å². The second-order valence-electron chi connectivity index (χ2n) is 4.84. The molecule has 2 aromatic rings. The van der Waals surface area contributed by atoms with Crippen LogP contribution in [-0.4, -0.2) is 20.1 Å². The van der Waals surface area contributed by atoms with Crippen molar-refractivity contribution in [1.29, 1.82) is 0 Å². The number of carbonyl (C=O) groups is 1. The van der Waals surface area contributed by atoms with Gasteiger partial charge in [-0.3, -0.25) is 4.79 Å². The Bertz CT molecular complexity index is 797. The molecule has 0 unspecified atom stereocenters. The summed E-state index contributed by atoms with van der Waals surface area (Å²) in [5.41, 5.74) is -1.12. The van der Waals surface area contributed by atoms with Gasteiger partial charge in [-0.05, 0) is 12.1 Å². The Morgan fingerprint density at radius 2 is 1.48 bits per heavy atom. The van der Waals surface area contributed by atoms with Crippen LogP contribution in [0.3, 0.4) is 0 Å². The molecule has 0 saturated carbocycles. The topological polar surface area (TPSA) is 47.6 Å². The van der Waals surface area contributed by atoms with Crippen molar-refractivity contribution in [2.45, 2.75) is 6.42 Å². The minimum Gasteiger partial charge on any atom is -0.497 e. The van der Waals surface area contributed by atoms with E-state index in [-0.39, 0.29) is 11.4 Å². The predicted molar refractivity (Wildman–Crippen MR) is 78.1 cm³/mol. The first-order valence-electron chi connectivity index (χ1n) is 6.82. The second-order valence-corrected chi connectivity index (χ2v) is 4.84. The zero-order valence-corrected chi connectivity index (χ0v) is 13.1. The van der Waals surface area contributed by atoms with E-state index in [1.807, 2.05) is 0 Å². The first kappa shape index (κ1) is 18.5. The third kappa shape index (κ3) is 3.65. The third-order valence-corrected chi connectivity index (χ3v) is 3.32. The maximum Gasteiger partial charge on any atom is 0.229 e. The van der Waals surface area contributed by atoms with E-state index in [4.69, 9.17) is 9.47 Å². The van der Waals surface area contributed by atoms with Gasteiger partial charge < -0.3 is 14.8 Å². The van der Waals surface area contributed by atoms with Crippen LogP contribution in [0.25, 0.3) is 0 Å². The fourth-order valence-corrected chi connectivity index (χ4v) is 2.07. The van der Waals surface area contributed by atoms with E-state index >= 15 is 0 Å². The first-order chi connectivity index (χ1) is 11.8. The molecule has 2 aromatic carbocycles. The number of hydrogen-bond acceptors (Lipinski definition) is 3. The van der Waals surface area contributed by atoms with E-state index in [2.05, 4.69) is 5.32 Å². The van der Waals surface area contributed by atoms with Gasteiger partial charge in [0.05, 0.1) is 26.3 Å². The van der Waals surface area contributed by atoms with Gasteiger partial charge >= 0.3 is 0 Å². The standard InChI is InChI=1S/C16H12F5NO3/c1-24-7-3-4-10(25-2)9(5-7)22-11(23)6-8-12(17)14(19)16(21)15(20)13(8)18/h3-5H,6H2,1-2H3,(H,22,23). The number of halogens is 5. The molecular formula is C16H12F5NO3. The highest BCUT2D eigenvalue weighted by atomic mass is 19.2. The van der Waals surface area contributed by atoms with Crippen molar-refractivity contribution >= 4 is 11.6 Å². The summed E-state index contributed by atoms with van der Waals surface area (Å²) >= 11 is 0. The smallest absolute Gasteiger partial charge is 0.229 e. The number of rotatable bonds is 5. The zero-order valence-electron chi connectivity index (χ0n) is 13.1. The van der Waals surface area contributed by atoms with E-state index in [9.17, 15) is 26.7 Å². The summed E-state index contributed by atoms with van der Waals surface area (Å²) < 4.78 is 76.6. The predicted octanol–water partition coefficient (Wildman–Crippen LogP) is 3.58. The summed E-state index contributed by atoms with van der Waals surface area (Å²) in [4.78, 5) is 12.0. The molecule has 134 valence electrons. The van der Waals surface area contributed by atoms with Crippen LogP contribution in [0.2, 0.25) is 0 Å². The quantitative estimate of drug-likeness (QED) is 0.503. The van der Waals surface area contributed by atoms with Crippen LogP contribution in [-0.2, 0) is 11.2 Å². The van der Waals surface area contributed by atoms with Crippen LogP contribution in [0.1, 0.15) is 5.56 Å². The average molecular weight is 361 g/mol. The van der Waals surface area contributed by atoms with Gasteiger partial charge in [0.2, 0.25) is 11.7 Å². The van der Waals surface area contributed by atoms with E-state index in [0.29, 0.717) is 5.75 Å². The molecule has 0 fully saturated rings. The second kappa shape index (κ2) is 7.37. The number of methoxy groups -OCH3 is 2. The number of hydrogen-bond donors (Lipinski definition) is 1. The van der Waals surface area contributed by atoms with Crippen LogP contribution < -0.4 is 14.8 Å². The van der Waals surface area contributed by atoms with Crippen molar-refractivity contribution < 1.29 is 36.2 Å². The lowest BCUT2D eigenvalue weighted by atomic mass is 10.1. The van der Waals surface area contributed by atoms with Crippen LogP contribution in [0.5, 0.6) is 11.5 Å². The van der Waals surface area contributed by atoms with Gasteiger partial charge in [0.1, 0.15) is 11.5 Å². The van der Waals surface area contributed by atoms with Gasteiger partial charge in [-0.15, -0.1) is 0 Å². The average Bonchev–Trinajstić information content (AvgIpc) is 2.61. The minimum absolute atomic E-state index is 0.107. The highest BCUT2D eigenvalue weighted by Gasteiger charge is 2.27. The van der Waals surface area contributed by atoms with Crippen molar-refractivity contribution in [2.75, 3.05) is 19.5 Å². The minimum atomic E-state index is -2.28. The van der Waals surface area contributed by atoms with Crippen molar-refractivity contribution in [3.05, 3.63) is 52.8 Å². The SMILES string of the molecule is COc1ccc(OC)c(NC(=O)Cc2c(F)c(F)c(F)c(F)c2F)c1. The molecule has 1 N–H and O–H groups in total. The van der Waals surface area contributed by atoms with Gasteiger partial charge in [-0.25, -0.2) is 22.0 Å². The third-order valence-electron chi connectivity index (χ3n) is 3.32. The molecule has 0 saturated heterocycles. The summed E-state index contributed by atoms with van der Waals surface area (Å²) in [6.45, 7) is 0. The van der Waals surface area contributed by atoms with Crippen molar-refractivity contribution in [3.63, 3.8) is 0 Å². The maximum absolute atomic E-state index is 13.6. The fourth-order valence-electron chi connectivity index (χ4n) is 2.07. The Kier molecular flexibility index (Phi) is 5.45. The van der Waals surface area contributed by atoms with Crippen molar-refractivity contribution in [2.24, 2.45) is 0 Å². The number of anilines is 1. The Morgan fingerprint density at radius 1 is 0.920 bits per heavy atom. The normalized spacial score (nSPS) is 10.5. The molecule has 0 aliphatic carbocycles. The molecule has 0 radical (unpaired) electrons. The Hall–Kier alpha value is -2.84. The molecule has 4 nitrogen and oxygen atoms in total. The highest BCUT2D eigenvalue weighted by Crippen LogP contribution is 2.29. The molecule has 0 spiro atoms. The van der Waals surface area contributed by atoms with Gasteiger partial charge in [-0.2, -0.15) is 0 Å². The molecule has 0 atom stereocenters. The monoisotopic (exact) mass is 361 g/mol. The van der Waals surface area contributed by atoms with E-state index < -0.39 is 47.0 Å². The number of ether oxygens (including phenoxy) is 2. The van der Waals surface area contributed by atoms with E-state index in [0.717, 1.165) is 0 Å². The molecule has 0 heterocycles. The number of nitrogens with one attached hydrogen (secondary N) is 1. The van der Waals surface area contributed by atoms with Gasteiger partial charge in [0, 0.05) is 11.6 Å². The van der Waals surface area contributed by atoms with Crippen LogP contribution in [0, 0.1) is 29.1 Å². The molecule has 0 aliphatic rings. The largest absolute Gasteiger partial charge is 0.497 e. The molecule has 0 aromatic heterocycles. The molecule has 0 aliphatic heterocycles. The van der Waals surface area contributed by atoms with Gasteiger partial charge in [-0.1, -0.05) is 0 Å². The summed E-state index contributed by atoms with van der Waals surface area (Å²) in [5.74, 6) is -11.0.